The minimum atomic E-state index is -0.706. The van der Waals surface area contributed by atoms with Crippen LogP contribution in [-0.2, 0) is 20.9 Å². The second-order valence-corrected chi connectivity index (χ2v) is 13.5. The van der Waals surface area contributed by atoms with E-state index >= 15 is 0 Å². The van der Waals surface area contributed by atoms with Gasteiger partial charge in [0.2, 0.25) is 5.91 Å². The molecule has 10 heteroatoms. The molecule has 2 atom stereocenters. The molecular formula is C28H44N4O4S2. The molecule has 1 aromatic rings. The average Bonchev–Trinajstić information content (AvgIpc) is 3.37. The van der Waals surface area contributed by atoms with Gasteiger partial charge in [-0.1, -0.05) is 31.4 Å². The van der Waals surface area contributed by atoms with Crippen LogP contribution in [0, 0.1) is 5.92 Å². The van der Waals surface area contributed by atoms with Crippen molar-refractivity contribution in [3.05, 3.63) is 29.8 Å². The summed E-state index contributed by atoms with van der Waals surface area (Å²) in [7, 11) is 3.98. The molecule has 38 heavy (non-hydrogen) atoms. The van der Waals surface area contributed by atoms with Gasteiger partial charge in [0.1, 0.15) is 11.6 Å². The zero-order valence-electron chi connectivity index (χ0n) is 23.5. The van der Waals surface area contributed by atoms with E-state index in [1.807, 2.05) is 43.3 Å². The third kappa shape index (κ3) is 9.59. The topological polar surface area (TPSA) is 91.0 Å². The highest BCUT2D eigenvalue weighted by molar-refractivity contribution is 8.00. The summed E-state index contributed by atoms with van der Waals surface area (Å²) in [6, 6.07) is 7.34. The van der Waals surface area contributed by atoms with Gasteiger partial charge in [-0.3, -0.25) is 14.5 Å². The number of ether oxygens (including phenoxy) is 1. The largest absolute Gasteiger partial charge is 0.444 e. The Balaban J connectivity index is 1.62. The molecule has 2 fully saturated rings. The molecule has 2 unspecified atom stereocenters. The normalized spacial score (nSPS) is 19.1. The van der Waals surface area contributed by atoms with E-state index in [9.17, 15) is 14.4 Å². The maximum atomic E-state index is 13.3. The predicted octanol–water partition coefficient (Wildman–Crippen LogP) is 4.48. The van der Waals surface area contributed by atoms with Gasteiger partial charge in [0.25, 0.3) is 5.91 Å². The minimum absolute atomic E-state index is 0.210. The first-order valence-electron chi connectivity index (χ1n) is 13.6. The minimum Gasteiger partial charge on any atom is -0.444 e. The molecule has 1 aliphatic carbocycles. The molecule has 0 bridgehead atoms. The summed E-state index contributed by atoms with van der Waals surface area (Å²) in [5, 5.41) is 5.25. The van der Waals surface area contributed by atoms with Crippen molar-refractivity contribution in [3.8, 4) is 0 Å². The van der Waals surface area contributed by atoms with E-state index in [0.717, 1.165) is 17.0 Å². The lowest BCUT2D eigenvalue weighted by Gasteiger charge is -2.28. The van der Waals surface area contributed by atoms with Crippen LogP contribution in [0.4, 0.5) is 10.5 Å². The Kier molecular flexibility index (Phi) is 11.5. The Morgan fingerprint density at radius 3 is 2.45 bits per heavy atom. The molecule has 0 spiro atoms. The molecule has 1 aromatic carbocycles. The Bertz CT molecular complexity index is 930. The SMILES string of the molecule is CN(C)c1ccc(CNC(=O)C(CSCC2CCCCC2)NC(=O)C2SCCN2C(=O)OC(C)(C)C)cc1. The smallest absolute Gasteiger partial charge is 0.411 e. The lowest BCUT2D eigenvalue weighted by atomic mass is 9.91. The Morgan fingerprint density at radius 1 is 1.13 bits per heavy atom. The quantitative estimate of drug-likeness (QED) is 0.433. The maximum absolute atomic E-state index is 13.3. The number of nitrogens with one attached hydrogen (secondary N) is 2. The molecule has 2 N–H and O–H groups in total. The summed E-state index contributed by atoms with van der Waals surface area (Å²) in [6.45, 7) is 6.24. The van der Waals surface area contributed by atoms with Crippen LogP contribution in [0.1, 0.15) is 58.4 Å². The van der Waals surface area contributed by atoms with E-state index in [4.69, 9.17) is 4.74 Å². The monoisotopic (exact) mass is 564 g/mol. The zero-order valence-corrected chi connectivity index (χ0v) is 25.1. The Labute approximate surface area is 236 Å². The Morgan fingerprint density at radius 2 is 1.82 bits per heavy atom. The second-order valence-electron chi connectivity index (χ2n) is 11.3. The van der Waals surface area contributed by atoms with Crippen molar-refractivity contribution in [2.75, 3.05) is 42.8 Å². The van der Waals surface area contributed by atoms with Gasteiger partial charge in [-0.05, 0) is 63.0 Å². The van der Waals surface area contributed by atoms with Crippen LogP contribution in [0.5, 0.6) is 0 Å². The van der Waals surface area contributed by atoms with Crippen LogP contribution >= 0.6 is 23.5 Å². The van der Waals surface area contributed by atoms with Crippen LogP contribution in [0.3, 0.4) is 0 Å². The summed E-state index contributed by atoms with van der Waals surface area (Å²) in [5.41, 5.74) is 1.44. The van der Waals surface area contributed by atoms with Gasteiger partial charge >= 0.3 is 6.09 Å². The number of hydrogen-bond acceptors (Lipinski definition) is 7. The van der Waals surface area contributed by atoms with Crippen LogP contribution in [-0.4, -0.2) is 77.7 Å². The number of amides is 3. The maximum Gasteiger partial charge on any atom is 0.411 e. The van der Waals surface area contributed by atoms with Crippen molar-refractivity contribution >= 4 is 47.1 Å². The molecule has 0 radical (unpaired) electrons. The van der Waals surface area contributed by atoms with E-state index in [1.54, 1.807) is 32.5 Å². The third-order valence-corrected chi connectivity index (χ3v) is 9.14. The number of nitrogens with zero attached hydrogens (tertiary/aromatic N) is 2. The molecule has 3 rings (SSSR count). The second kappa shape index (κ2) is 14.4. The van der Waals surface area contributed by atoms with Crippen molar-refractivity contribution < 1.29 is 19.1 Å². The Hall–Kier alpha value is -2.07. The van der Waals surface area contributed by atoms with Gasteiger partial charge in [-0.15, -0.1) is 11.8 Å². The number of carbonyl (C=O) groups is 3. The van der Waals surface area contributed by atoms with Crippen molar-refractivity contribution in [2.24, 2.45) is 5.92 Å². The van der Waals surface area contributed by atoms with E-state index < -0.39 is 23.1 Å². The average molecular weight is 565 g/mol. The summed E-state index contributed by atoms with van der Waals surface area (Å²) >= 11 is 3.13. The van der Waals surface area contributed by atoms with E-state index in [1.165, 1.54) is 48.8 Å². The molecular weight excluding hydrogens is 520 g/mol. The lowest BCUT2D eigenvalue weighted by molar-refractivity contribution is -0.129. The first-order chi connectivity index (χ1) is 18.0. The van der Waals surface area contributed by atoms with E-state index in [2.05, 4.69) is 10.6 Å². The van der Waals surface area contributed by atoms with Crippen molar-refractivity contribution in [1.29, 1.82) is 0 Å². The van der Waals surface area contributed by atoms with Crippen LogP contribution in [0.25, 0.3) is 0 Å². The standard InChI is InChI=1S/C28H44N4O4S2/c1-28(2,3)36-27(35)32-15-16-38-26(32)25(34)30-23(19-37-18-21-9-7-6-8-10-21)24(33)29-17-20-11-13-22(14-12-20)31(4)5/h11-14,21,23,26H,6-10,15-19H2,1-5H3,(H,29,33)(H,30,34). The molecule has 212 valence electrons. The molecule has 1 heterocycles. The molecule has 1 saturated carbocycles. The van der Waals surface area contributed by atoms with Crippen molar-refractivity contribution in [3.63, 3.8) is 0 Å². The fourth-order valence-electron chi connectivity index (χ4n) is 4.55. The summed E-state index contributed by atoms with van der Waals surface area (Å²) in [6.07, 6.45) is 5.84. The summed E-state index contributed by atoms with van der Waals surface area (Å²) in [5.74, 6) is 2.28. The van der Waals surface area contributed by atoms with Crippen LogP contribution < -0.4 is 15.5 Å². The van der Waals surface area contributed by atoms with Crippen molar-refractivity contribution in [1.82, 2.24) is 15.5 Å². The van der Waals surface area contributed by atoms with Gasteiger partial charge in [0, 0.05) is 44.4 Å². The number of carbonyl (C=O) groups excluding carboxylic acids is 3. The molecule has 1 aliphatic heterocycles. The van der Waals surface area contributed by atoms with Crippen molar-refractivity contribution in [2.45, 2.75) is 76.4 Å². The van der Waals surface area contributed by atoms with Gasteiger partial charge in [-0.25, -0.2) is 4.79 Å². The molecule has 0 aromatic heterocycles. The lowest BCUT2D eigenvalue weighted by Crippen LogP contribution is -2.53. The van der Waals surface area contributed by atoms with Crippen LogP contribution in [0.2, 0.25) is 0 Å². The number of thioether (sulfide) groups is 2. The number of anilines is 1. The number of benzene rings is 1. The number of rotatable bonds is 10. The van der Waals surface area contributed by atoms with Gasteiger partial charge < -0.3 is 20.3 Å². The molecule has 8 nitrogen and oxygen atoms in total. The highest BCUT2D eigenvalue weighted by Gasteiger charge is 2.38. The van der Waals surface area contributed by atoms with E-state index in [-0.39, 0.29) is 11.8 Å². The molecule has 3 amide bonds. The van der Waals surface area contributed by atoms with E-state index in [0.29, 0.717) is 30.5 Å². The number of hydrogen-bond donors (Lipinski definition) is 2. The first-order valence-corrected chi connectivity index (χ1v) is 15.8. The molecule has 1 saturated heterocycles. The fourth-order valence-corrected chi connectivity index (χ4v) is 6.94. The predicted molar refractivity (Wildman–Crippen MR) is 158 cm³/mol. The highest BCUT2D eigenvalue weighted by atomic mass is 32.2. The summed E-state index contributed by atoms with van der Waals surface area (Å²) < 4.78 is 5.50. The third-order valence-electron chi connectivity index (χ3n) is 6.66. The first kappa shape index (κ1) is 30.5. The molecule has 2 aliphatic rings. The zero-order chi connectivity index (χ0) is 27.7. The fraction of sp³-hybridized carbons (Fsp3) is 0.679. The summed E-state index contributed by atoms with van der Waals surface area (Å²) in [4.78, 5) is 42.8. The van der Waals surface area contributed by atoms with Crippen LogP contribution in [0.15, 0.2) is 24.3 Å². The van der Waals surface area contributed by atoms with Gasteiger partial charge in [0.05, 0.1) is 0 Å². The highest BCUT2D eigenvalue weighted by Crippen LogP contribution is 2.28. The van der Waals surface area contributed by atoms with Gasteiger partial charge in [-0.2, -0.15) is 11.8 Å². The van der Waals surface area contributed by atoms with Gasteiger partial charge in [0.15, 0.2) is 5.37 Å².